The molecule has 0 N–H and O–H groups in total. The van der Waals surface area contributed by atoms with Gasteiger partial charge in [0.25, 0.3) is 0 Å². The third kappa shape index (κ3) is 5.54. The summed E-state index contributed by atoms with van der Waals surface area (Å²) in [5.41, 5.74) is 1.58. The fraction of sp³-hybridized carbons (Fsp3) is 0.316. The molecule has 0 aliphatic carbocycles. The Labute approximate surface area is 153 Å². The number of carbonyl (C=O) groups excluding carboxylic acids is 1. The van der Waals surface area contributed by atoms with E-state index in [2.05, 4.69) is 31.9 Å². The predicted molar refractivity (Wildman–Crippen MR) is 99.9 cm³/mol. The van der Waals surface area contributed by atoms with Gasteiger partial charge in [-0.3, -0.25) is 4.79 Å². The number of ketones is 1. The summed E-state index contributed by atoms with van der Waals surface area (Å²) in [6.45, 7) is 0. The lowest BCUT2D eigenvalue weighted by molar-refractivity contribution is 0.103. The molecule has 2 rings (SSSR count). The zero-order valence-corrected chi connectivity index (χ0v) is 16.0. The van der Waals surface area contributed by atoms with Gasteiger partial charge in [-0.2, -0.15) is 0 Å². The van der Waals surface area contributed by atoms with E-state index in [1.807, 2.05) is 6.07 Å². The van der Waals surface area contributed by atoms with Crippen molar-refractivity contribution in [2.45, 2.75) is 32.1 Å². The molecule has 0 aliphatic heterocycles. The monoisotopic (exact) mass is 440 g/mol. The molecule has 122 valence electrons. The van der Waals surface area contributed by atoms with Crippen LogP contribution in [0.2, 0.25) is 0 Å². The van der Waals surface area contributed by atoms with Gasteiger partial charge in [0.1, 0.15) is 5.82 Å². The summed E-state index contributed by atoms with van der Waals surface area (Å²) in [5, 5.41) is 1.04. The molecule has 0 aromatic heterocycles. The molecule has 1 nitrogen and oxygen atoms in total. The smallest absolute Gasteiger partial charge is 0.195 e. The van der Waals surface area contributed by atoms with Gasteiger partial charge in [0, 0.05) is 15.4 Å². The molecule has 0 saturated carbocycles. The van der Waals surface area contributed by atoms with Crippen molar-refractivity contribution < 1.29 is 9.18 Å². The van der Waals surface area contributed by atoms with Crippen LogP contribution in [-0.4, -0.2) is 11.1 Å². The summed E-state index contributed by atoms with van der Waals surface area (Å²) >= 11 is 6.74. The van der Waals surface area contributed by atoms with E-state index < -0.39 is 5.82 Å². The van der Waals surface area contributed by atoms with E-state index in [1.54, 1.807) is 30.3 Å². The number of alkyl halides is 1. The van der Waals surface area contributed by atoms with E-state index in [1.165, 1.54) is 18.9 Å². The third-order valence-electron chi connectivity index (χ3n) is 3.73. The van der Waals surface area contributed by atoms with Gasteiger partial charge in [0.15, 0.2) is 5.78 Å². The Morgan fingerprint density at radius 2 is 1.65 bits per heavy atom. The lowest BCUT2D eigenvalue weighted by Gasteiger charge is -2.06. The SMILES string of the molecule is O=C(c1ccc(Br)cc1)c1ccc(CCCCCCBr)cc1F. The normalized spacial score (nSPS) is 10.7. The highest BCUT2D eigenvalue weighted by atomic mass is 79.9. The number of unbranched alkanes of at least 4 members (excludes halogenated alkanes) is 3. The standard InChI is InChI=1S/C19H19Br2FO/c20-12-4-2-1-3-5-14-6-11-17(18(22)13-14)19(23)15-7-9-16(21)10-8-15/h6-11,13H,1-5,12H2. The predicted octanol–water partition coefficient (Wildman–Crippen LogP) is 6.32. The molecule has 0 spiro atoms. The summed E-state index contributed by atoms with van der Waals surface area (Å²) in [6.07, 6.45) is 5.41. The van der Waals surface area contributed by atoms with E-state index in [-0.39, 0.29) is 11.3 Å². The highest BCUT2D eigenvalue weighted by Gasteiger charge is 2.14. The molecular weight excluding hydrogens is 423 g/mol. The van der Waals surface area contributed by atoms with Gasteiger partial charge < -0.3 is 0 Å². The first kappa shape index (κ1) is 18.3. The first-order valence-electron chi connectivity index (χ1n) is 7.76. The van der Waals surface area contributed by atoms with Crippen LogP contribution in [0.5, 0.6) is 0 Å². The van der Waals surface area contributed by atoms with Gasteiger partial charge in [0.05, 0.1) is 5.56 Å². The van der Waals surface area contributed by atoms with Gasteiger partial charge in [-0.05, 0) is 61.2 Å². The molecule has 23 heavy (non-hydrogen) atoms. The van der Waals surface area contributed by atoms with Crippen molar-refractivity contribution in [1.82, 2.24) is 0 Å². The van der Waals surface area contributed by atoms with E-state index >= 15 is 0 Å². The summed E-state index contributed by atoms with van der Waals surface area (Å²) in [6, 6.07) is 11.9. The number of hydrogen-bond acceptors (Lipinski definition) is 1. The summed E-state index contributed by atoms with van der Waals surface area (Å²) in [7, 11) is 0. The molecule has 0 unspecified atom stereocenters. The van der Waals surface area contributed by atoms with Crippen molar-refractivity contribution in [3.05, 3.63) is 69.4 Å². The van der Waals surface area contributed by atoms with Crippen LogP contribution in [0.4, 0.5) is 4.39 Å². The molecule has 0 aliphatic rings. The molecule has 0 fully saturated rings. The Morgan fingerprint density at radius 3 is 2.30 bits per heavy atom. The van der Waals surface area contributed by atoms with Crippen LogP contribution in [0, 0.1) is 5.82 Å². The maximum Gasteiger partial charge on any atom is 0.195 e. The van der Waals surface area contributed by atoms with Crippen LogP contribution in [-0.2, 0) is 6.42 Å². The van der Waals surface area contributed by atoms with E-state index in [0.717, 1.165) is 34.6 Å². The molecule has 4 heteroatoms. The topological polar surface area (TPSA) is 17.1 Å². The van der Waals surface area contributed by atoms with E-state index in [4.69, 9.17) is 0 Å². The molecule has 2 aromatic carbocycles. The minimum atomic E-state index is -0.434. The van der Waals surface area contributed by atoms with E-state index in [0.29, 0.717) is 5.56 Å². The molecule has 2 aromatic rings. The zero-order chi connectivity index (χ0) is 16.7. The second kappa shape index (κ2) is 9.33. The number of halogens is 3. The fourth-order valence-corrected chi connectivity index (χ4v) is 3.09. The van der Waals surface area contributed by atoms with Crippen LogP contribution in [0.15, 0.2) is 46.9 Å². The summed E-state index contributed by atoms with van der Waals surface area (Å²) in [4.78, 5) is 12.4. The van der Waals surface area contributed by atoms with Crippen LogP contribution in [0.3, 0.4) is 0 Å². The highest BCUT2D eigenvalue weighted by Crippen LogP contribution is 2.19. The molecule has 0 heterocycles. The van der Waals surface area contributed by atoms with Gasteiger partial charge in [-0.1, -0.05) is 50.8 Å². The van der Waals surface area contributed by atoms with Crippen LogP contribution in [0.1, 0.15) is 47.2 Å². The Morgan fingerprint density at radius 1 is 0.957 bits per heavy atom. The van der Waals surface area contributed by atoms with Crippen molar-refractivity contribution in [3.63, 3.8) is 0 Å². The third-order valence-corrected chi connectivity index (χ3v) is 4.82. The fourth-order valence-electron chi connectivity index (χ4n) is 2.43. The van der Waals surface area contributed by atoms with Crippen LogP contribution in [0.25, 0.3) is 0 Å². The molecule has 0 saturated heterocycles. The van der Waals surface area contributed by atoms with Crippen molar-refractivity contribution in [2.75, 3.05) is 5.33 Å². The maximum absolute atomic E-state index is 14.3. The molecular formula is C19H19Br2FO. The number of benzene rings is 2. The number of rotatable bonds is 8. The van der Waals surface area contributed by atoms with Crippen molar-refractivity contribution >= 4 is 37.6 Å². The minimum absolute atomic E-state index is 0.135. The maximum atomic E-state index is 14.3. The van der Waals surface area contributed by atoms with Crippen molar-refractivity contribution in [2.24, 2.45) is 0 Å². The summed E-state index contributed by atoms with van der Waals surface area (Å²) < 4.78 is 15.2. The first-order valence-corrected chi connectivity index (χ1v) is 9.68. The highest BCUT2D eigenvalue weighted by molar-refractivity contribution is 9.10. The lowest BCUT2D eigenvalue weighted by atomic mass is 9.99. The Hall–Kier alpha value is -1.00. The van der Waals surface area contributed by atoms with Crippen LogP contribution >= 0.6 is 31.9 Å². The van der Waals surface area contributed by atoms with Gasteiger partial charge >= 0.3 is 0 Å². The minimum Gasteiger partial charge on any atom is -0.288 e. The van der Waals surface area contributed by atoms with E-state index in [9.17, 15) is 9.18 Å². The second-order valence-corrected chi connectivity index (χ2v) is 7.21. The van der Waals surface area contributed by atoms with Crippen molar-refractivity contribution in [3.8, 4) is 0 Å². The lowest BCUT2D eigenvalue weighted by Crippen LogP contribution is -2.05. The van der Waals surface area contributed by atoms with Gasteiger partial charge in [-0.15, -0.1) is 0 Å². The molecule has 0 atom stereocenters. The quantitative estimate of drug-likeness (QED) is 0.266. The number of aryl methyl sites for hydroxylation is 1. The number of carbonyl (C=O) groups is 1. The van der Waals surface area contributed by atoms with Crippen LogP contribution < -0.4 is 0 Å². The first-order chi connectivity index (χ1) is 11.1. The summed E-state index contributed by atoms with van der Waals surface area (Å²) in [5.74, 6) is -0.713. The van der Waals surface area contributed by atoms with Gasteiger partial charge in [0.2, 0.25) is 0 Å². The van der Waals surface area contributed by atoms with Gasteiger partial charge in [-0.25, -0.2) is 4.39 Å². The number of hydrogen-bond donors (Lipinski definition) is 0. The Bertz CT molecular complexity index is 653. The molecule has 0 bridgehead atoms. The van der Waals surface area contributed by atoms with Crippen molar-refractivity contribution in [1.29, 1.82) is 0 Å². The second-order valence-electron chi connectivity index (χ2n) is 5.50. The molecule has 0 radical (unpaired) electrons. The Kier molecular flexibility index (Phi) is 7.44. The average Bonchev–Trinajstić information content (AvgIpc) is 2.55. The largest absolute Gasteiger partial charge is 0.288 e. The average molecular weight is 442 g/mol. The molecule has 0 amide bonds. The zero-order valence-electron chi connectivity index (χ0n) is 12.8. The Balaban J connectivity index is 2.01.